The standard InChI is InChI=1S/C16H26N2O/c1-12(8-9-18(5)11-17)14-10-16(3,4)15(14)7-6-13(2)19/h14-15H,1,6-10H2,2-5H3/t14-,15-/m1/s1. The number of hydrogen-bond donors (Lipinski definition) is 0. The van der Waals surface area contributed by atoms with Crippen molar-refractivity contribution in [3.05, 3.63) is 12.2 Å². The molecule has 1 aliphatic carbocycles. The highest BCUT2D eigenvalue weighted by Gasteiger charge is 2.47. The molecule has 0 saturated heterocycles. The Hall–Kier alpha value is -1.30. The van der Waals surface area contributed by atoms with Crippen molar-refractivity contribution >= 4 is 5.78 Å². The van der Waals surface area contributed by atoms with Gasteiger partial charge in [-0.3, -0.25) is 0 Å². The molecule has 0 bridgehead atoms. The van der Waals surface area contributed by atoms with Gasteiger partial charge in [-0.2, -0.15) is 5.26 Å². The summed E-state index contributed by atoms with van der Waals surface area (Å²) in [7, 11) is 1.80. The zero-order chi connectivity index (χ0) is 14.6. The average Bonchev–Trinajstić information content (AvgIpc) is 2.32. The predicted octanol–water partition coefficient (Wildman–Crippen LogP) is 3.38. The summed E-state index contributed by atoms with van der Waals surface area (Å²) >= 11 is 0. The zero-order valence-electron chi connectivity index (χ0n) is 12.7. The van der Waals surface area contributed by atoms with Crippen molar-refractivity contribution < 1.29 is 4.79 Å². The molecule has 1 saturated carbocycles. The Morgan fingerprint density at radius 2 is 2.11 bits per heavy atom. The van der Waals surface area contributed by atoms with Crippen LogP contribution in [0.4, 0.5) is 0 Å². The molecule has 0 unspecified atom stereocenters. The van der Waals surface area contributed by atoms with Crippen LogP contribution in [0.1, 0.15) is 46.5 Å². The normalized spacial score (nSPS) is 24.2. The monoisotopic (exact) mass is 262 g/mol. The summed E-state index contributed by atoms with van der Waals surface area (Å²) in [6.45, 7) is 11.2. The summed E-state index contributed by atoms with van der Waals surface area (Å²) in [5, 5.41) is 8.75. The van der Waals surface area contributed by atoms with E-state index in [1.807, 2.05) is 0 Å². The van der Waals surface area contributed by atoms with E-state index in [4.69, 9.17) is 5.26 Å². The zero-order valence-corrected chi connectivity index (χ0v) is 12.7. The predicted molar refractivity (Wildman–Crippen MR) is 77.3 cm³/mol. The quantitative estimate of drug-likeness (QED) is 0.401. The van der Waals surface area contributed by atoms with Crippen LogP contribution in [-0.2, 0) is 4.79 Å². The average molecular weight is 262 g/mol. The van der Waals surface area contributed by atoms with E-state index in [-0.39, 0.29) is 5.78 Å². The van der Waals surface area contributed by atoms with Crippen LogP contribution in [0.15, 0.2) is 12.2 Å². The Balaban J connectivity index is 2.51. The summed E-state index contributed by atoms with van der Waals surface area (Å²) in [6, 6.07) is 0. The summed E-state index contributed by atoms with van der Waals surface area (Å²) in [5.41, 5.74) is 1.57. The summed E-state index contributed by atoms with van der Waals surface area (Å²) in [6.07, 6.45) is 5.79. The topological polar surface area (TPSA) is 44.1 Å². The Bertz CT molecular complexity index is 392. The van der Waals surface area contributed by atoms with Crippen molar-refractivity contribution in [2.24, 2.45) is 17.3 Å². The van der Waals surface area contributed by atoms with Crippen molar-refractivity contribution in [3.63, 3.8) is 0 Å². The van der Waals surface area contributed by atoms with Gasteiger partial charge in [0.2, 0.25) is 0 Å². The second kappa shape index (κ2) is 6.23. The molecule has 3 nitrogen and oxygen atoms in total. The van der Waals surface area contributed by atoms with Crippen molar-refractivity contribution in [3.8, 4) is 6.19 Å². The Morgan fingerprint density at radius 3 is 2.58 bits per heavy atom. The third-order valence-electron chi connectivity index (χ3n) is 4.51. The first-order chi connectivity index (χ1) is 8.77. The van der Waals surface area contributed by atoms with Crippen molar-refractivity contribution in [1.82, 2.24) is 4.90 Å². The van der Waals surface area contributed by atoms with Crippen molar-refractivity contribution in [1.29, 1.82) is 5.26 Å². The maximum atomic E-state index is 11.2. The van der Waals surface area contributed by atoms with Crippen molar-refractivity contribution in [2.45, 2.75) is 46.5 Å². The molecule has 0 aromatic carbocycles. The first kappa shape index (κ1) is 15.8. The first-order valence-electron chi connectivity index (χ1n) is 7.06. The van der Waals surface area contributed by atoms with Gasteiger partial charge in [0.1, 0.15) is 5.78 Å². The number of nitriles is 1. The minimum absolute atomic E-state index is 0.274. The molecule has 106 valence electrons. The number of nitrogens with zero attached hydrogens (tertiary/aromatic N) is 2. The van der Waals surface area contributed by atoms with E-state index in [0.29, 0.717) is 23.7 Å². The molecule has 0 aliphatic heterocycles. The minimum Gasteiger partial charge on any atom is -0.313 e. The maximum Gasteiger partial charge on any atom is 0.179 e. The van der Waals surface area contributed by atoms with Gasteiger partial charge in [0.05, 0.1) is 0 Å². The molecular weight excluding hydrogens is 236 g/mol. The molecule has 0 amide bonds. The van der Waals surface area contributed by atoms with Gasteiger partial charge in [-0.25, -0.2) is 0 Å². The number of Topliss-reactive ketones (excluding diaryl/α,β-unsaturated/α-hetero) is 1. The van der Waals surface area contributed by atoms with E-state index < -0.39 is 0 Å². The highest BCUT2D eigenvalue weighted by molar-refractivity contribution is 5.75. The summed E-state index contributed by atoms with van der Waals surface area (Å²) in [4.78, 5) is 12.8. The third kappa shape index (κ3) is 4.09. The van der Waals surface area contributed by atoms with Crippen LogP contribution in [-0.4, -0.2) is 24.3 Å². The molecule has 19 heavy (non-hydrogen) atoms. The summed E-state index contributed by atoms with van der Waals surface area (Å²) in [5.74, 6) is 1.37. The van der Waals surface area contributed by atoms with Crippen LogP contribution in [0.5, 0.6) is 0 Å². The van der Waals surface area contributed by atoms with Gasteiger partial charge < -0.3 is 9.69 Å². The number of rotatable bonds is 7. The molecule has 3 heteroatoms. The fourth-order valence-corrected chi connectivity index (χ4v) is 3.17. The van der Waals surface area contributed by atoms with Crippen LogP contribution in [0.2, 0.25) is 0 Å². The minimum atomic E-state index is 0.274. The van der Waals surface area contributed by atoms with Gasteiger partial charge in [-0.05, 0) is 43.4 Å². The van der Waals surface area contributed by atoms with Crippen LogP contribution < -0.4 is 0 Å². The molecule has 0 N–H and O–H groups in total. The Labute approximate surface area is 117 Å². The van der Waals surface area contributed by atoms with Crippen LogP contribution >= 0.6 is 0 Å². The van der Waals surface area contributed by atoms with E-state index in [1.54, 1.807) is 18.9 Å². The molecule has 0 aromatic heterocycles. The highest BCUT2D eigenvalue weighted by Crippen LogP contribution is 2.55. The second-order valence-electron chi connectivity index (χ2n) is 6.58. The molecule has 1 fully saturated rings. The van der Waals surface area contributed by atoms with Crippen LogP contribution in [0.3, 0.4) is 0 Å². The van der Waals surface area contributed by atoms with Crippen LogP contribution in [0, 0.1) is 28.7 Å². The second-order valence-corrected chi connectivity index (χ2v) is 6.58. The molecule has 0 radical (unpaired) electrons. The van der Waals surface area contributed by atoms with Crippen LogP contribution in [0.25, 0.3) is 0 Å². The SMILES string of the molecule is C=C(CCN(C)C#N)[C@H]1CC(C)(C)[C@@H]1CCC(C)=O. The lowest BCUT2D eigenvalue weighted by atomic mass is 9.52. The first-order valence-corrected chi connectivity index (χ1v) is 7.06. The van der Waals surface area contributed by atoms with Gasteiger partial charge in [0.15, 0.2) is 6.19 Å². The van der Waals surface area contributed by atoms with E-state index in [9.17, 15) is 4.79 Å². The largest absolute Gasteiger partial charge is 0.313 e. The van der Waals surface area contributed by atoms with E-state index in [0.717, 1.165) is 25.8 Å². The summed E-state index contributed by atoms with van der Waals surface area (Å²) < 4.78 is 0. The fourth-order valence-electron chi connectivity index (χ4n) is 3.17. The van der Waals surface area contributed by atoms with Gasteiger partial charge in [0, 0.05) is 20.0 Å². The highest BCUT2D eigenvalue weighted by atomic mass is 16.1. The smallest absolute Gasteiger partial charge is 0.179 e. The van der Waals surface area contributed by atoms with Crippen molar-refractivity contribution in [2.75, 3.05) is 13.6 Å². The fraction of sp³-hybridized carbons (Fsp3) is 0.750. The Morgan fingerprint density at radius 1 is 1.47 bits per heavy atom. The number of carbonyl (C=O) groups excluding carboxylic acids is 1. The molecule has 1 rings (SSSR count). The molecular formula is C16H26N2O. The van der Waals surface area contributed by atoms with Gasteiger partial charge in [-0.15, -0.1) is 0 Å². The lowest BCUT2D eigenvalue weighted by Gasteiger charge is -2.53. The van der Waals surface area contributed by atoms with E-state index in [1.165, 1.54) is 5.57 Å². The van der Waals surface area contributed by atoms with Gasteiger partial charge in [0.25, 0.3) is 0 Å². The molecule has 0 heterocycles. The molecule has 0 spiro atoms. The van der Waals surface area contributed by atoms with Gasteiger partial charge in [-0.1, -0.05) is 26.0 Å². The van der Waals surface area contributed by atoms with E-state index in [2.05, 4.69) is 26.6 Å². The molecule has 0 aromatic rings. The number of carbonyl (C=O) groups is 1. The number of hydrogen-bond acceptors (Lipinski definition) is 3. The maximum absolute atomic E-state index is 11.2. The Kier molecular flexibility index (Phi) is 5.17. The lowest BCUT2D eigenvalue weighted by molar-refractivity contribution is -0.118. The number of ketones is 1. The third-order valence-corrected chi connectivity index (χ3v) is 4.51. The molecule has 1 aliphatic rings. The van der Waals surface area contributed by atoms with E-state index >= 15 is 0 Å². The lowest BCUT2D eigenvalue weighted by Crippen LogP contribution is -2.45. The van der Waals surface area contributed by atoms with Gasteiger partial charge >= 0.3 is 0 Å². The molecule has 2 atom stereocenters.